The summed E-state index contributed by atoms with van der Waals surface area (Å²) in [4.78, 5) is 17.7. The zero-order valence-corrected chi connectivity index (χ0v) is 13.3. The maximum absolute atomic E-state index is 12.3. The Morgan fingerprint density at radius 3 is 3.15 bits per heavy atom. The lowest BCUT2D eigenvalue weighted by molar-refractivity contribution is -0.132. The quantitative estimate of drug-likeness (QED) is 0.866. The Bertz CT molecular complexity index is 405. The van der Waals surface area contributed by atoms with Crippen LogP contribution in [0.25, 0.3) is 0 Å². The van der Waals surface area contributed by atoms with E-state index in [2.05, 4.69) is 21.7 Å². The van der Waals surface area contributed by atoms with E-state index >= 15 is 0 Å². The smallest absolute Gasteiger partial charge is 0.236 e. The van der Waals surface area contributed by atoms with E-state index in [1.54, 1.807) is 11.3 Å². The van der Waals surface area contributed by atoms with Gasteiger partial charge < -0.3 is 10.2 Å². The molecule has 0 spiro atoms. The number of nitrogens with one attached hydrogen (secondary N) is 1. The largest absolute Gasteiger partial charge is 0.340 e. The van der Waals surface area contributed by atoms with E-state index in [4.69, 9.17) is 0 Å². The van der Waals surface area contributed by atoms with E-state index in [0.29, 0.717) is 12.5 Å². The van der Waals surface area contributed by atoms with Crippen LogP contribution < -0.4 is 5.32 Å². The lowest BCUT2D eigenvalue weighted by Gasteiger charge is -2.33. The van der Waals surface area contributed by atoms with Crippen LogP contribution in [-0.2, 0) is 11.3 Å². The monoisotopic (exact) mass is 295 g/mol. The number of likely N-dealkylation sites (tertiary alicyclic amines) is 1. The molecule has 1 unspecified atom stereocenters. The molecular formula is C15H25N3OS. The van der Waals surface area contributed by atoms with Gasteiger partial charge in [0.05, 0.1) is 13.1 Å². The van der Waals surface area contributed by atoms with Crippen molar-refractivity contribution in [2.24, 2.45) is 5.92 Å². The highest BCUT2D eigenvalue weighted by Crippen LogP contribution is 2.16. The number of likely N-dealkylation sites (N-methyl/N-ethyl adjacent to an activating group) is 1. The average Bonchev–Trinajstić information content (AvgIpc) is 2.92. The van der Waals surface area contributed by atoms with Crippen molar-refractivity contribution in [2.45, 2.75) is 19.4 Å². The predicted octanol–water partition coefficient (Wildman–Crippen LogP) is 1.64. The van der Waals surface area contributed by atoms with Crippen molar-refractivity contribution in [3.8, 4) is 0 Å². The summed E-state index contributed by atoms with van der Waals surface area (Å²) in [7, 11) is 3.90. The van der Waals surface area contributed by atoms with E-state index in [-0.39, 0.29) is 5.91 Å². The number of hydrogen-bond donors (Lipinski definition) is 1. The van der Waals surface area contributed by atoms with Gasteiger partial charge >= 0.3 is 0 Å². The van der Waals surface area contributed by atoms with Crippen LogP contribution in [0, 0.1) is 5.92 Å². The van der Waals surface area contributed by atoms with Gasteiger partial charge in [0.15, 0.2) is 0 Å². The maximum atomic E-state index is 12.3. The molecule has 1 aromatic heterocycles. The van der Waals surface area contributed by atoms with E-state index in [0.717, 1.165) is 26.2 Å². The Morgan fingerprint density at radius 2 is 2.45 bits per heavy atom. The molecule has 1 saturated heterocycles. The lowest BCUT2D eigenvalue weighted by Crippen LogP contribution is -2.44. The molecule has 1 N–H and O–H groups in total. The first-order valence-corrected chi connectivity index (χ1v) is 8.20. The molecule has 0 saturated carbocycles. The third kappa shape index (κ3) is 4.58. The van der Waals surface area contributed by atoms with Crippen LogP contribution in [-0.4, -0.2) is 56.0 Å². The Labute approximate surface area is 125 Å². The highest BCUT2D eigenvalue weighted by Gasteiger charge is 2.22. The van der Waals surface area contributed by atoms with Gasteiger partial charge in [-0.2, -0.15) is 0 Å². The molecule has 0 bridgehead atoms. The first kappa shape index (κ1) is 15.5. The van der Waals surface area contributed by atoms with Gasteiger partial charge in [-0.05, 0) is 50.3 Å². The fraction of sp³-hybridized carbons (Fsp3) is 0.667. The number of rotatable bonds is 6. The van der Waals surface area contributed by atoms with E-state index < -0.39 is 0 Å². The van der Waals surface area contributed by atoms with Gasteiger partial charge in [-0.3, -0.25) is 9.69 Å². The van der Waals surface area contributed by atoms with Gasteiger partial charge in [0.1, 0.15) is 0 Å². The molecule has 5 heteroatoms. The predicted molar refractivity (Wildman–Crippen MR) is 83.9 cm³/mol. The van der Waals surface area contributed by atoms with Gasteiger partial charge in [0.25, 0.3) is 0 Å². The SMILES string of the molecule is CNCC1CCCN(CC(=O)N(C)Cc2cccs2)C1. The molecule has 0 aliphatic carbocycles. The summed E-state index contributed by atoms with van der Waals surface area (Å²) >= 11 is 1.71. The number of hydrogen-bond acceptors (Lipinski definition) is 4. The molecule has 112 valence electrons. The average molecular weight is 295 g/mol. The summed E-state index contributed by atoms with van der Waals surface area (Å²) in [6.07, 6.45) is 2.48. The minimum absolute atomic E-state index is 0.225. The zero-order valence-electron chi connectivity index (χ0n) is 12.5. The minimum atomic E-state index is 0.225. The standard InChI is InChI=1S/C15H25N3OS/c1-16-9-13-5-3-7-18(10-13)12-15(19)17(2)11-14-6-4-8-20-14/h4,6,8,13,16H,3,5,7,9-12H2,1-2H3. The van der Waals surface area contributed by atoms with Gasteiger partial charge in [-0.15, -0.1) is 11.3 Å². The molecule has 1 atom stereocenters. The molecule has 1 fully saturated rings. The van der Waals surface area contributed by atoms with Crippen LogP contribution in [0.15, 0.2) is 17.5 Å². The second kappa shape index (κ2) is 7.76. The molecule has 2 rings (SSSR count). The number of carbonyl (C=O) groups excluding carboxylic acids is 1. The second-order valence-electron chi connectivity index (χ2n) is 5.63. The molecule has 0 aromatic carbocycles. The highest BCUT2D eigenvalue weighted by atomic mass is 32.1. The highest BCUT2D eigenvalue weighted by molar-refractivity contribution is 7.09. The number of carbonyl (C=O) groups is 1. The van der Waals surface area contributed by atoms with Gasteiger partial charge in [-0.25, -0.2) is 0 Å². The van der Waals surface area contributed by atoms with E-state index in [9.17, 15) is 4.79 Å². The second-order valence-corrected chi connectivity index (χ2v) is 6.66. The summed E-state index contributed by atoms with van der Waals surface area (Å²) in [6, 6.07) is 4.11. The molecule has 1 amide bonds. The van der Waals surface area contributed by atoms with Crippen LogP contribution in [0.5, 0.6) is 0 Å². The summed E-state index contributed by atoms with van der Waals surface area (Å²) in [5.41, 5.74) is 0. The van der Waals surface area contributed by atoms with Crippen molar-refractivity contribution in [1.29, 1.82) is 0 Å². The lowest BCUT2D eigenvalue weighted by atomic mass is 9.98. The van der Waals surface area contributed by atoms with Crippen LogP contribution in [0.2, 0.25) is 0 Å². The summed E-state index contributed by atoms with van der Waals surface area (Å²) in [5.74, 6) is 0.910. The topological polar surface area (TPSA) is 35.6 Å². The number of thiophene rings is 1. The normalized spacial score (nSPS) is 20.0. The molecular weight excluding hydrogens is 270 g/mol. The molecule has 4 nitrogen and oxygen atoms in total. The minimum Gasteiger partial charge on any atom is -0.340 e. The first-order chi connectivity index (χ1) is 9.69. The fourth-order valence-corrected chi connectivity index (χ4v) is 3.54. The Balaban J connectivity index is 1.78. The third-order valence-corrected chi connectivity index (χ3v) is 4.71. The van der Waals surface area contributed by atoms with Crippen molar-refractivity contribution in [3.05, 3.63) is 22.4 Å². The summed E-state index contributed by atoms with van der Waals surface area (Å²) < 4.78 is 0. The van der Waals surface area contributed by atoms with Crippen LogP contribution in [0.4, 0.5) is 0 Å². The van der Waals surface area contributed by atoms with E-state index in [1.807, 2.05) is 25.1 Å². The van der Waals surface area contributed by atoms with Crippen LogP contribution in [0.3, 0.4) is 0 Å². The van der Waals surface area contributed by atoms with Crippen LogP contribution >= 0.6 is 11.3 Å². The summed E-state index contributed by atoms with van der Waals surface area (Å²) in [6.45, 7) is 4.43. The molecule has 1 aliphatic rings. The van der Waals surface area contributed by atoms with Crippen molar-refractivity contribution in [1.82, 2.24) is 15.1 Å². The van der Waals surface area contributed by atoms with Crippen molar-refractivity contribution < 1.29 is 4.79 Å². The number of amides is 1. The fourth-order valence-electron chi connectivity index (χ4n) is 2.79. The molecule has 0 radical (unpaired) electrons. The first-order valence-electron chi connectivity index (χ1n) is 7.32. The zero-order chi connectivity index (χ0) is 14.4. The third-order valence-electron chi connectivity index (χ3n) is 3.85. The molecule has 1 aromatic rings. The number of nitrogens with zero attached hydrogens (tertiary/aromatic N) is 2. The van der Waals surface area contributed by atoms with Gasteiger partial charge in [-0.1, -0.05) is 6.07 Å². The van der Waals surface area contributed by atoms with Gasteiger partial charge in [0.2, 0.25) is 5.91 Å². The van der Waals surface area contributed by atoms with Gasteiger partial charge in [0, 0.05) is 18.5 Å². The number of piperidine rings is 1. The van der Waals surface area contributed by atoms with Crippen molar-refractivity contribution >= 4 is 17.2 Å². The van der Waals surface area contributed by atoms with E-state index in [1.165, 1.54) is 17.7 Å². The van der Waals surface area contributed by atoms with Crippen LogP contribution in [0.1, 0.15) is 17.7 Å². The maximum Gasteiger partial charge on any atom is 0.236 e. The summed E-state index contributed by atoms with van der Waals surface area (Å²) in [5, 5.41) is 5.30. The Kier molecular flexibility index (Phi) is 6.01. The Hall–Kier alpha value is -0.910. The Morgan fingerprint density at radius 1 is 1.60 bits per heavy atom. The van der Waals surface area contributed by atoms with Crippen molar-refractivity contribution in [3.63, 3.8) is 0 Å². The van der Waals surface area contributed by atoms with Crippen molar-refractivity contribution in [2.75, 3.05) is 40.3 Å². The molecule has 20 heavy (non-hydrogen) atoms. The molecule has 1 aliphatic heterocycles. The molecule has 2 heterocycles.